The lowest BCUT2D eigenvalue weighted by Crippen LogP contribution is -2.50. The summed E-state index contributed by atoms with van der Waals surface area (Å²) in [4.78, 5) is 32.3. The van der Waals surface area contributed by atoms with Crippen molar-refractivity contribution in [2.75, 3.05) is 39.8 Å². The molecule has 1 aromatic carbocycles. The summed E-state index contributed by atoms with van der Waals surface area (Å²) in [5, 5.41) is 9.88. The van der Waals surface area contributed by atoms with Gasteiger partial charge in [0.1, 0.15) is 0 Å². The molecule has 0 aliphatic carbocycles. The second-order valence-corrected chi connectivity index (χ2v) is 8.71. The minimum absolute atomic E-state index is 0. The van der Waals surface area contributed by atoms with Gasteiger partial charge in [-0.3, -0.25) is 19.5 Å². The maximum atomic E-state index is 11.9. The minimum Gasteiger partial charge on any atom is -0.355 e. The third-order valence-corrected chi connectivity index (χ3v) is 6.09. The molecule has 0 spiro atoms. The third-order valence-electron chi connectivity index (χ3n) is 6.09. The van der Waals surface area contributed by atoms with Gasteiger partial charge < -0.3 is 20.9 Å². The zero-order valence-electron chi connectivity index (χ0n) is 19.9. The van der Waals surface area contributed by atoms with E-state index in [0.717, 1.165) is 63.4 Å². The van der Waals surface area contributed by atoms with E-state index in [2.05, 4.69) is 57.0 Å². The summed E-state index contributed by atoms with van der Waals surface area (Å²) in [5.74, 6) is 1.17. The van der Waals surface area contributed by atoms with Crippen molar-refractivity contribution >= 4 is 41.8 Å². The summed E-state index contributed by atoms with van der Waals surface area (Å²) in [6.45, 7) is 7.34. The fraction of sp³-hybridized carbons (Fsp3) is 0.625. The van der Waals surface area contributed by atoms with E-state index in [1.807, 2.05) is 4.90 Å². The lowest BCUT2D eigenvalue weighted by atomic mass is 10.1. The number of nitrogens with one attached hydrogen (secondary N) is 3. The van der Waals surface area contributed by atoms with E-state index in [1.54, 1.807) is 7.05 Å². The smallest absolute Gasteiger partial charge is 0.234 e. The molecule has 33 heavy (non-hydrogen) atoms. The van der Waals surface area contributed by atoms with Gasteiger partial charge in [-0.05, 0) is 36.8 Å². The summed E-state index contributed by atoms with van der Waals surface area (Å²) < 4.78 is 0. The monoisotopic (exact) mass is 570 g/mol. The summed E-state index contributed by atoms with van der Waals surface area (Å²) in [5.41, 5.74) is 2.34. The fourth-order valence-electron chi connectivity index (χ4n) is 4.26. The predicted molar refractivity (Wildman–Crippen MR) is 143 cm³/mol. The van der Waals surface area contributed by atoms with Crippen molar-refractivity contribution in [2.45, 2.75) is 58.2 Å². The zero-order chi connectivity index (χ0) is 22.8. The SMILES string of the molecule is CCCNC(=O)CN1CCC(NC(=NC)NCc2cccc(CN3CCCC3=O)c2)CC1.I. The van der Waals surface area contributed by atoms with Crippen LogP contribution < -0.4 is 16.0 Å². The molecular formula is C24H39IN6O2. The Kier molecular flexibility index (Phi) is 11.9. The molecule has 0 bridgehead atoms. The average molecular weight is 571 g/mol. The van der Waals surface area contributed by atoms with Crippen molar-refractivity contribution in [3.8, 4) is 0 Å². The van der Waals surface area contributed by atoms with E-state index in [1.165, 1.54) is 5.56 Å². The average Bonchev–Trinajstić information content (AvgIpc) is 3.20. The number of halogens is 1. The normalized spacial score (nSPS) is 17.6. The van der Waals surface area contributed by atoms with Crippen LogP contribution in [0, 0.1) is 0 Å². The predicted octanol–water partition coefficient (Wildman–Crippen LogP) is 2.08. The first-order valence-corrected chi connectivity index (χ1v) is 11.9. The van der Waals surface area contributed by atoms with Crippen molar-refractivity contribution < 1.29 is 9.59 Å². The molecule has 0 atom stereocenters. The van der Waals surface area contributed by atoms with Crippen LogP contribution in [0.15, 0.2) is 29.3 Å². The standard InChI is InChI=1S/C24H38N6O2.HI/c1-3-11-26-22(31)18-29-13-9-21(10-14-29)28-24(25-2)27-16-19-6-4-7-20(15-19)17-30-12-5-8-23(30)32;/h4,6-7,15,21H,3,5,8-14,16-18H2,1-2H3,(H,26,31)(H2,25,27,28);1H. The molecular weight excluding hydrogens is 531 g/mol. The van der Waals surface area contributed by atoms with Gasteiger partial charge in [0.15, 0.2) is 5.96 Å². The van der Waals surface area contributed by atoms with Crippen LogP contribution in [0.2, 0.25) is 0 Å². The lowest BCUT2D eigenvalue weighted by molar-refractivity contribution is -0.128. The highest BCUT2D eigenvalue weighted by Gasteiger charge is 2.22. The van der Waals surface area contributed by atoms with Crippen molar-refractivity contribution in [2.24, 2.45) is 4.99 Å². The van der Waals surface area contributed by atoms with Crippen LogP contribution in [-0.2, 0) is 22.7 Å². The van der Waals surface area contributed by atoms with Crippen LogP contribution in [0.25, 0.3) is 0 Å². The molecule has 0 aromatic heterocycles. The molecule has 8 nitrogen and oxygen atoms in total. The van der Waals surface area contributed by atoms with Gasteiger partial charge in [0.05, 0.1) is 6.54 Å². The number of benzene rings is 1. The number of aliphatic imine (C=N–C) groups is 1. The quantitative estimate of drug-likeness (QED) is 0.241. The Morgan fingerprint density at radius 3 is 2.58 bits per heavy atom. The largest absolute Gasteiger partial charge is 0.355 e. The number of nitrogens with zero attached hydrogens (tertiary/aromatic N) is 3. The highest BCUT2D eigenvalue weighted by atomic mass is 127. The van der Waals surface area contributed by atoms with Crippen LogP contribution in [0.4, 0.5) is 0 Å². The topological polar surface area (TPSA) is 89.1 Å². The number of guanidine groups is 1. The number of amides is 2. The fourth-order valence-corrected chi connectivity index (χ4v) is 4.26. The Morgan fingerprint density at radius 2 is 1.91 bits per heavy atom. The summed E-state index contributed by atoms with van der Waals surface area (Å²) in [6.07, 6.45) is 4.58. The molecule has 3 N–H and O–H groups in total. The Morgan fingerprint density at radius 1 is 1.15 bits per heavy atom. The van der Waals surface area contributed by atoms with Gasteiger partial charge in [0, 0.05) is 58.8 Å². The molecule has 0 unspecified atom stereocenters. The van der Waals surface area contributed by atoms with Crippen LogP contribution in [-0.4, -0.2) is 73.4 Å². The molecule has 2 aliphatic heterocycles. The number of piperidine rings is 1. The Balaban J connectivity index is 0.00000385. The van der Waals surface area contributed by atoms with Gasteiger partial charge >= 0.3 is 0 Å². The number of likely N-dealkylation sites (tertiary alicyclic amines) is 2. The van der Waals surface area contributed by atoms with E-state index < -0.39 is 0 Å². The van der Waals surface area contributed by atoms with Crippen LogP contribution in [0.3, 0.4) is 0 Å². The van der Waals surface area contributed by atoms with E-state index in [4.69, 9.17) is 0 Å². The van der Waals surface area contributed by atoms with Crippen molar-refractivity contribution in [1.29, 1.82) is 0 Å². The Labute approximate surface area is 215 Å². The van der Waals surface area contributed by atoms with E-state index in [-0.39, 0.29) is 35.8 Å². The lowest BCUT2D eigenvalue weighted by Gasteiger charge is -2.32. The first-order valence-electron chi connectivity index (χ1n) is 11.9. The van der Waals surface area contributed by atoms with Crippen LogP contribution in [0.5, 0.6) is 0 Å². The second-order valence-electron chi connectivity index (χ2n) is 8.71. The molecule has 2 amide bonds. The van der Waals surface area contributed by atoms with Crippen LogP contribution >= 0.6 is 24.0 Å². The van der Waals surface area contributed by atoms with Crippen molar-refractivity contribution in [1.82, 2.24) is 25.8 Å². The number of carbonyl (C=O) groups excluding carboxylic acids is 2. The Bertz CT molecular complexity index is 795. The molecule has 0 saturated carbocycles. The molecule has 2 saturated heterocycles. The number of rotatable bonds is 9. The van der Waals surface area contributed by atoms with Gasteiger partial charge in [0.2, 0.25) is 11.8 Å². The first kappa shape index (κ1) is 27.4. The summed E-state index contributed by atoms with van der Waals surface area (Å²) in [6, 6.07) is 8.74. The van der Waals surface area contributed by atoms with Gasteiger partial charge in [-0.1, -0.05) is 31.2 Å². The Hall–Kier alpha value is -1.88. The van der Waals surface area contributed by atoms with Crippen molar-refractivity contribution in [3.63, 3.8) is 0 Å². The molecule has 2 fully saturated rings. The summed E-state index contributed by atoms with van der Waals surface area (Å²) in [7, 11) is 1.79. The number of hydrogen-bond acceptors (Lipinski definition) is 4. The summed E-state index contributed by atoms with van der Waals surface area (Å²) >= 11 is 0. The highest BCUT2D eigenvalue weighted by Crippen LogP contribution is 2.15. The second kappa shape index (κ2) is 14.4. The molecule has 1 aromatic rings. The van der Waals surface area contributed by atoms with Gasteiger partial charge in [-0.15, -0.1) is 24.0 Å². The van der Waals surface area contributed by atoms with E-state index in [0.29, 0.717) is 32.1 Å². The third kappa shape index (κ3) is 9.11. The van der Waals surface area contributed by atoms with Gasteiger partial charge in [-0.2, -0.15) is 0 Å². The van der Waals surface area contributed by atoms with E-state index >= 15 is 0 Å². The molecule has 3 rings (SSSR count). The van der Waals surface area contributed by atoms with E-state index in [9.17, 15) is 9.59 Å². The molecule has 9 heteroatoms. The number of carbonyl (C=O) groups is 2. The zero-order valence-corrected chi connectivity index (χ0v) is 22.3. The number of hydrogen-bond donors (Lipinski definition) is 3. The molecule has 184 valence electrons. The van der Waals surface area contributed by atoms with Crippen molar-refractivity contribution in [3.05, 3.63) is 35.4 Å². The van der Waals surface area contributed by atoms with Crippen LogP contribution in [0.1, 0.15) is 50.2 Å². The van der Waals surface area contributed by atoms with Gasteiger partial charge in [0.25, 0.3) is 0 Å². The highest BCUT2D eigenvalue weighted by molar-refractivity contribution is 14.0. The molecule has 2 heterocycles. The molecule has 0 radical (unpaired) electrons. The maximum absolute atomic E-state index is 11.9. The minimum atomic E-state index is 0. The molecule has 2 aliphatic rings. The first-order chi connectivity index (χ1) is 15.6. The maximum Gasteiger partial charge on any atom is 0.234 e. The van der Waals surface area contributed by atoms with Gasteiger partial charge in [-0.25, -0.2) is 0 Å².